The van der Waals surface area contributed by atoms with Gasteiger partial charge in [-0.3, -0.25) is 0 Å². The molecule has 4 aromatic rings. The fourth-order valence-corrected chi connectivity index (χ4v) is 6.52. The van der Waals surface area contributed by atoms with Crippen molar-refractivity contribution in [1.29, 1.82) is 0 Å². The Bertz CT molecular complexity index is 1550. The van der Waals surface area contributed by atoms with Gasteiger partial charge in [0.25, 0.3) is 0 Å². The number of anilines is 1. The number of aromatic hydroxyl groups is 2. The van der Waals surface area contributed by atoms with Crippen molar-refractivity contribution in [3.8, 4) is 22.8 Å². The number of sulfonamides is 1. The first-order chi connectivity index (χ1) is 17.2. The van der Waals surface area contributed by atoms with Crippen molar-refractivity contribution in [3.63, 3.8) is 0 Å². The minimum atomic E-state index is -3.75. The zero-order valence-corrected chi connectivity index (χ0v) is 22.1. The largest absolute Gasteiger partial charge is 0.507 e. The van der Waals surface area contributed by atoms with Gasteiger partial charge in [0, 0.05) is 31.3 Å². The number of hydrogen-bond donors (Lipinski definition) is 3. The predicted octanol–water partition coefficient (Wildman–Crippen LogP) is 4.74. The molecule has 36 heavy (non-hydrogen) atoms. The number of fused-ring (bicyclic) bond motifs is 1. The van der Waals surface area contributed by atoms with Crippen LogP contribution in [0.15, 0.2) is 64.1 Å². The number of nitrogens with zero attached hydrogens (tertiary/aromatic N) is 4. The second-order valence-electron chi connectivity index (χ2n) is 8.64. The summed E-state index contributed by atoms with van der Waals surface area (Å²) in [6.45, 7) is 1.27. The Morgan fingerprint density at radius 2 is 1.94 bits per heavy atom. The van der Waals surface area contributed by atoms with Crippen LogP contribution in [0.3, 0.4) is 0 Å². The minimum Gasteiger partial charge on any atom is -0.507 e. The van der Waals surface area contributed by atoms with Crippen molar-refractivity contribution in [2.75, 3.05) is 25.0 Å². The summed E-state index contributed by atoms with van der Waals surface area (Å²) in [5.74, 6) is 0.693. The average molecular weight is 593 g/mol. The van der Waals surface area contributed by atoms with Crippen LogP contribution >= 0.6 is 27.5 Å². The number of piperidine rings is 1. The van der Waals surface area contributed by atoms with Crippen molar-refractivity contribution in [1.82, 2.24) is 18.9 Å². The Labute approximate surface area is 221 Å². The SMILES string of the molecule is O=S(=O)(c1ccc(O)c(Cl)c1)N1CCCC(CNc2cc(-c3ccccc3O)nc3c(Br)cnn23)C1. The van der Waals surface area contributed by atoms with Gasteiger partial charge in [-0.25, -0.2) is 13.4 Å². The predicted molar refractivity (Wildman–Crippen MR) is 141 cm³/mol. The first kappa shape index (κ1) is 24.8. The van der Waals surface area contributed by atoms with Crippen LogP contribution in [-0.2, 0) is 10.0 Å². The van der Waals surface area contributed by atoms with Gasteiger partial charge in [-0.15, -0.1) is 0 Å². The lowest BCUT2D eigenvalue weighted by atomic mass is 10.00. The number of benzene rings is 2. The molecule has 1 saturated heterocycles. The van der Waals surface area contributed by atoms with Crippen LogP contribution in [0.5, 0.6) is 11.5 Å². The summed E-state index contributed by atoms with van der Waals surface area (Å²) in [7, 11) is -3.75. The maximum Gasteiger partial charge on any atom is 0.243 e. The Morgan fingerprint density at radius 1 is 1.14 bits per heavy atom. The molecule has 1 aliphatic heterocycles. The van der Waals surface area contributed by atoms with Crippen molar-refractivity contribution in [2.45, 2.75) is 17.7 Å². The van der Waals surface area contributed by atoms with Crippen molar-refractivity contribution < 1.29 is 18.6 Å². The molecule has 1 aliphatic rings. The molecule has 5 rings (SSSR count). The number of rotatable bonds is 6. The summed E-state index contributed by atoms with van der Waals surface area (Å²) in [6, 6.07) is 12.7. The molecular weight excluding hydrogens is 570 g/mol. The maximum atomic E-state index is 13.2. The van der Waals surface area contributed by atoms with Crippen LogP contribution in [0, 0.1) is 5.92 Å². The van der Waals surface area contributed by atoms with Crippen molar-refractivity contribution in [3.05, 3.63) is 64.2 Å². The molecule has 0 aliphatic carbocycles. The molecule has 1 atom stereocenters. The second-order valence-corrected chi connectivity index (χ2v) is 11.8. The molecular formula is C24H23BrClN5O4S. The van der Waals surface area contributed by atoms with E-state index in [1.165, 1.54) is 22.5 Å². The highest BCUT2D eigenvalue weighted by molar-refractivity contribution is 9.10. The normalized spacial score (nSPS) is 16.9. The molecule has 12 heteroatoms. The first-order valence-corrected chi connectivity index (χ1v) is 13.9. The van der Waals surface area contributed by atoms with Crippen LogP contribution in [0.25, 0.3) is 16.9 Å². The van der Waals surface area contributed by atoms with E-state index in [9.17, 15) is 18.6 Å². The summed E-state index contributed by atoms with van der Waals surface area (Å²) < 4.78 is 30.2. The Hall–Kier alpha value is -2.86. The fraction of sp³-hybridized carbons (Fsp3) is 0.250. The van der Waals surface area contributed by atoms with Gasteiger partial charge >= 0.3 is 0 Å². The minimum absolute atomic E-state index is 0.00125. The van der Waals surface area contributed by atoms with E-state index in [1.54, 1.807) is 28.9 Å². The number of halogens is 2. The summed E-state index contributed by atoms with van der Waals surface area (Å²) in [4.78, 5) is 4.71. The Balaban J connectivity index is 1.37. The van der Waals surface area contributed by atoms with E-state index in [1.807, 2.05) is 12.1 Å². The smallest absolute Gasteiger partial charge is 0.243 e. The summed E-state index contributed by atoms with van der Waals surface area (Å²) in [5, 5.41) is 27.8. The molecule has 9 nitrogen and oxygen atoms in total. The molecule has 1 unspecified atom stereocenters. The van der Waals surface area contributed by atoms with Crippen LogP contribution < -0.4 is 5.32 Å². The summed E-state index contributed by atoms with van der Waals surface area (Å²) in [6.07, 6.45) is 3.23. The van der Waals surface area contributed by atoms with Crippen LogP contribution in [0.2, 0.25) is 5.02 Å². The van der Waals surface area contributed by atoms with Crippen molar-refractivity contribution in [2.24, 2.45) is 5.92 Å². The highest BCUT2D eigenvalue weighted by Gasteiger charge is 2.31. The third-order valence-corrected chi connectivity index (χ3v) is 8.94. The van der Waals surface area contributed by atoms with E-state index < -0.39 is 10.0 Å². The van der Waals surface area contributed by atoms with Gasteiger partial charge in [-0.1, -0.05) is 23.7 Å². The third-order valence-electron chi connectivity index (χ3n) is 6.22. The second kappa shape index (κ2) is 9.89. The lowest BCUT2D eigenvalue weighted by molar-refractivity contribution is 0.275. The molecule has 0 spiro atoms. The van der Waals surface area contributed by atoms with Gasteiger partial charge in [0.2, 0.25) is 10.0 Å². The zero-order chi connectivity index (χ0) is 25.4. The Kier molecular flexibility index (Phi) is 6.82. The number of phenolic OH excluding ortho intramolecular Hbond substituents is 2. The number of para-hydroxylation sites is 1. The molecule has 0 amide bonds. The Morgan fingerprint density at radius 3 is 2.72 bits per heavy atom. The van der Waals surface area contributed by atoms with E-state index in [0.717, 1.165) is 12.8 Å². The lowest BCUT2D eigenvalue weighted by Crippen LogP contribution is -2.41. The molecule has 3 N–H and O–H groups in total. The highest BCUT2D eigenvalue weighted by Crippen LogP contribution is 2.32. The van der Waals surface area contributed by atoms with E-state index in [0.29, 0.717) is 46.8 Å². The summed E-state index contributed by atoms with van der Waals surface area (Å²) in [5.41, 5.74) is 1.77. The highest BCUT2D eigenvalue weighted by atomic mass is 79.9. The van der Waals surface area contributed by atoms with Crippen LogP contribution in [0.1, 0.15) is 12.8 Å². The molecule has 0 saturated carbocycles. The maximum absolute atomic E-state index is 13.2. The number of aromatic nitrogens is 3. The fourth-order valence-electron chi connectivity index (χ4n) is 4.35. The molecule has 3 heterocycles. The van der Waals surface area contributed by atoms with Gasteiger partial charge in [-0.05, 0) is 65.0 Å². The topological polar surface area (TPSA) is 120 Å². The molecule has 0 bridgehead atoms. The quantitative estimate of drug-likeness (QED) is 0.296. The van der Waals surface area contributed by atoms with E-state index in [4.69, 9.17) is 11.6 Å². The number of phenols is 2. The number of nitrogens with one attached hydrogen (secondary N) is 1. The van der Waals surface area contributed by atoms with Crippen LogP contribution in [-0.4, -0.2) is 57.2 Å². The summed E-state index contributed by atoms with van der Waals surface area (Å²) >= 11 is 9.43. The first-order valence-electron chi connectivity index (χ1n) is 11.3. The van der Waals surface area contributed by atoms with Crippen LogP contribution in [0.4, 0.5) is 5.82 Å². The van der Waals surface area contributed by atoms with Gasteiger partial charge < -0.3 is 15.5 Å². The van der Waals surface area contributed by atoms with Crippen molar-refractivity contribution >= 4 is 49.0 Å². The molecule has 1 fully saturated rings. The van der Waals surface area contributed by atoms with Gasteiger partial charge in [0.05, 0.1) is 26.3 Å². The molecule has 0 radical (unpaired) electrons. The van der Waals surface area contributed by atoms with E-state index >= 15 is 0 Å². The monoisotopic (exact) mass is 591 g/mol. The standard InChI is InChI=1S/C24H23BrClN5O4S/c25-18-13-28-31-23(11-20(29-24(18)31)17-5-1-2-6-21(17)32)27-12-15-4-3-9-30(14-15)36(34,35)16-7-8-22(33)19(26)10-16/h1-2,5-8,10-11,13,15,27,32-33H,3-4,9,12,14H2. The number of hydrogen-bond acceptors (Lipinski definition) is 7. The molecule has 2 aromatic carbocycles. The zero-order valence-electron chi connectivity index (χ0n) is 19.0. The van der Waals surface area contributed by atoms with Gasteiger partial charge in [0.1, 0.15) is 17.3 Å². The molecule has 188 valence electrons. The molecule has 2 aromatic heterocycles. The average Bonchev–Trinajstić information content (AvgIpc) is 3.25. The lowest BCUT2D eigenvalue weighted by Gasteiger charge is -2.32. The van der Waals surface area contributed by atoms with Gasteiger partial charge in [-0.2, -0.15) is 13.9 Å². The third kappa shape index (κ3) is 4.75. The van der Waals surface area contributed by atoms with E-state index in [-0.39, 0.29) is 27.3 Å². The van der Waals surface area contributed by atoms with Gasteiger partial charge in [0.15, 0.2) is 5.65 Å². The van der Waals surface area contributed by atoms with E-state index in [2.05, 4.69) is 31.3 Å².